The molecule has 2 heterocycles. The molecule has 0 fully saturated rings. The third-order valence-corrected chi connectivity index (χ3v) is 3.32. The largest absolute Gasteiger partial charge is 0.273 e. The van der Waals surface area contributed by atoms with Gasteiger partial charge in [-0.25, -0.2) is 5.43 Å². The van der Waals surface area contributed by atoms with Crippen molar-refractivity contribution in [2.24, 2.45) is 5.84 Å². The van der Waals surface area contributed by atoms with E-state index in [-0.39, 0.29) is 6.04 Å². The number of aromatic nitrogens is 4. The molecule has 0 saturated heterocycles. The Bertz CT molecular complexity index is 715. The number of nitrogens with one attached hydrogen (secondary N) is 1. The number of fused-ring (bicyclic) bond motifs is 1. The third-order valence-electron chi connectivity index (χ3n) is 3.32. The maximum absolute atomic E-state index is 5.74. The van der Waals surface area contributed by atoms with Crippen molar-refractivity contribution in [2.45, 2.75) is 19.5 Å². The first-order valence-electron chi connectivity index (χ1n) is 6.51. The number of benzene rings is 1. The summed E-state index contributed by atoms with van der Waals surface area (Å²) in [6.07, 6.45) is 7.18. The van der Waals surface area contributed by atoms with Crippen LogP contribution in [-0.4, -0.2) is 19.7 Å². The van der Waals surface area contributed by atoms with Crippen molar-refractivity contribution < 1.29 is 0 Å². The standard InChI is InChI=1S/C14H16N6/c1-2-20-9-10(8-18-20)13(19-15)11-4-3-5-12-14(11)17-7-6-16-12/h3-9,13,19H,2,15H2,1H3. The van der Waals surface area contributed by atoms with Crippen molar-refractivity contribution in [1.82, 2.24) is 25.2 Å². The van der Waals surface area contributed by atoms with E-state index in [1.165, 1.54) is 0 Å². The minimum Gasteiger partial charge on any atom is -0.273 e. The number of hydrazine groups is 1. The summed E-state index contributed by atoms with van der Waals surface area (Å²) in [6.45, 7) is 2.87. The van der Waals surface area contributed by atoms with Crippen LogP contribution in [0.15, 0.2) is 43.0 Å². The van der Waals surface area contributed by atoms with Gasteiger partial charge in [0.1, 0.15) is 0 Å². The molecule has 0 saturated carbocycles. The highest BCUT2D eigenvalue weighted by molar-refractivity contribution is 5.78. The monoisotopic (exact) mass is 268 g/mol. The molecule has 20 heavy (non-hydrogen) atoms. The first-order valence-corrected chi connectivity index (χ1v) is 6.51. The van der Waals surface area contributed by atoms with Gasteiger partial charge in [0.05, 0.1) is 23.3 Å². The van der Waals surface area contributed by atoms with Gasteiger partial charge in [0.15, 0.2) is 0 Å². The molecule has 0 amide bonds. The van der Waals surface area contributed by atoms with Crippen LogP contribution in [0.3, 0.4) is 0 Å². The highest BCUT2D eigenvalue weighted by atomic mass is 15.3. The highest BCUT2D eigenvalue weighted by Gasteiger charge is 2.17. The van der Waals surface area contributed by atoms with Crippen LogP contribution in [-0.2, 0) is 6.54 Å². The maximum atomic E-state index is 5.74. The smallest absolute Gasteiger partial charge is 0.0938 e. The lowest BCUT2D eigenvalue weighted by Crippen LogP contribution is -2.28. The molecule has 0 bridgehead atoms. The lowest BCUT2D eigenvalue weighted by atomic mass is 10.0. The molecule has 0 aliphatic rings. The molecule has 3 aromatic rings. The molecular formula is C14H16N6. The van der Waals surface area contributed by atoms with Crippen LogP contribution in [0.1, 0.15) is 24.1 Å². The Balaban J connectivity index is 2.11. The van der Waals surface area contributed by atoms with Gasteiger partial charge in [0.25, 0.3) is 0 Å². The predicted octanol–water partition coefficient (Wildman–Crippen LogP) is 1.40. The predicted molar refractivity (Wildman–Crippen MR) is 76.6 cm³/mol. The van der Waals surface area contributed by atoms with E-state index in [1.54, 1.807) is 12.4 Å². The minimum absolute atomic E-state index is 0.157. The quantitative estimate of drug-likeness (QED) is 0.552. The van der Waals surface area contributed by atoms with Crippen molar-refractivity contribution in [3.8, 4) is 0 Å². The van der Waals surface area contributed by atoms with Crippen molar-refractivity contribution >= 4 is 11.0 Å². The van der Waals surface area contributed by atoms with E-state index >= 15 is 0 Å². The molecule has 0 spiro atoms. The summed E-state index contributed by atoms with van der Waals surface area (Å²) in [4.78, 5) is 8.74. The Morgan fingerprint density at radius 2 is 2.15 bits per heavy atom. The average Bonchev–Trinajstić information content (AvgIpc) is 2.97. The number of hydrogen-bond donors (Lipinski definition) is 2. The fraction of sp³-hybridized carbons (Fsp3) is 0.214. The van der Waals surface area contributed by atoms with Crippen LogP contribution in [0.25, 0.3) is 11.0 Å². The van der Waals surface area contributed by atoms with Gasteiger partial charge < -0.3 is 0 Å². The van der Waals surface area contributed by atoms with Crippen LogP contribution in [0, 0.1) is 0 Å². The van der Waals surface area contributed by atoms with Crippen LogP contribution >= 0.6 is 0 Å². The van der Waals surface area contributed by atoms with Gasteiger partial charge in [0, 0.05) is 36.3 Å². The molecule has 6 nitrogen and oxygen atoms in total. The fourth-order valence-electron chi connectivity index (χ4n) is 2.32. The van der Waals surface area contributed by atoms with E-state index < -0.39 is 0 Å². The fourth-order valence-corrected chi connectivity index (χ4v) is 2.32. The average molecular weight is 268 g/mol. The van der Waals surface area contributed by atoms with E-state index in [0.29, 0.717) is 0 Å². The summed E-state index contributed by atoms with van der Waals surface area (Å²) >= 11 is 0. The van der Waals surface area contributed by atoms with Crippen LogP contribution in [0.5, 0.6) is 0 Å². The van der Waals surface area contributed by atoms with Gasteiger partial charge in [-0.2, -0.15) is 5.10 Å². The third kappa shape index (κ3) is 2.15. The second-order valence-electron chi connectivity index (χ2n) is 4.50. The zero-order chi connectivity index (χ0) is 13.9. The Labute approximate surface area is 116 Å². The van der Waals surface area contributed by atoms with Crippen molar-refractivity contribution in [3.05, 3.63) is 54.1 Å². The highest BCUT2D eigenvalue weighted by Crippen LogP contribution is 2.26. The van der Waals surface area contributed by atoms with Crippen LogP contribution in [0.4, 0.5) is 0 Å². The molecule has 6 heteroatoms. The molecule has 0 aliphatic heterocycles. The van der Waals surface area contributed by atoms with Gasteiger partial charge in [-0.05, 0) is 13.0 Å². The molecule has 102 valence electrons. The molecule has 1 aromatic carbocycles. The Kier molecular flexibility index (Phi) is 3.41. The van der Waals surface area contributed by atoms with Gasteiger partial charge in [0.2, 0.25) is 0 Å². The zero-order valence-electron chi connectivity index (χ0n) is 11.2. The van der Waals surface area contributed by atoms with E-state index in [9.17, 15) is 0 Å². The van der Waals surface area contributed by atoms with Crippen molar-refractivity contribution in [1.29, 1.82) is 0 Å². The summed E-state index contributed by atoms with van der Waals surface area (Å²) in [6, 6.07) is 5.75. The summed E-state index contributed by atoms with van der Waals surface area (Å²) in [7, 11) is 0. The van der Waals surface area contributed by atoms with E-state index in [0.717, 1.165) is 28.7 Å². The van der Waals surface area contributed by atoms with E-state index in [1.807, 2.05) is 42.2 Å². The normalized spacial score (nSPS) is 12.7. The number of aryl methyl sites for hydroxylation is 1. The van der Waals surface area contributed by atoms with Gasteiger partial charge in [-0.15, -0.1) is 0 Å². The first kappa shape index (κ1) is 12.7. The second-order valence-corrected chi connectivity index (χ2v) is 4.50. The number of hydrogen-bond acceptors (Lipinski definition) is 5. The number of nitrogens with zero attached hydrogens (tertiary/aromatic N) is 4. The van der Waals surface area contributed by atoms with Gasteiger partial charge >= 0.3 is 0 Å². The molecular weight excluding hydrogens is 252 g/mol. The molecule has 2 aromatic heterocycles. The van der Waals surface area contributed by atoms with Crippen LogP contribution in [0.2, 0.25) is 0 Å². The first-order chi connectivity index (χ1) is 9.83. The van der Waals surface area contributed by atoms with Gasteiger partial charge in [-0.1, -0.05) is 12.1 Å². The summed E-state index contributed by atoms with van der Waals surface area (Å²) in [5.41, 5.74) is 6.55. The Morgan fingerprint density at radius 1 is 1.30 bits per heavy atom. The van der Waals surface area contributed by atoms with Crippen molar-refractivity contribution in [3.63, 3.8) is 0 Å². The van der Waals surface area contributed by atoms with E-state index in [2.05, 4.69) is 20.5 Å². The molecule has 1 atom stereocenters. The number of para-hydroxylation sites is 1. The lowest BCUT2D eigenvalue weighted by Gasteiger charge is -2.16. The second kappa shape index (κ2) is 5.36. The maximum Gasteiger partial charge on any atom is 0.0938 e. The molecule has 0 aliphatic carbocycles. The molecule has 0 radical (unpaired) electrons. The minimum atomic E-state index is -0.157. The summed E-state index contributed by atoms with van der Waals surface area (Å²) in [5, 5.41) is 4.29. The topological polar surface area (TPSA) is 81.7 Å². The SMILES string of the molecule is CCn1cc(C(NN)c2cccc3nccnc23)cn1. The molecule has 1 unspecified atom stereocenters. The lowest BCUT2D eigenvalue weighted by molar-refractivity contribution is 0.632. The number of rotatable bonds is 4. The summed E-state index contributed by atoms with van der Waals surface area (Å²) in [5.74, 6) is 5.74. The van der Waals surface area contributed by atoms with Crippen molar-refractivity contribution in [2.75, 3.05) is 0 Å². The number of nitrogens with two attached hydrogens (primary N) is 1. The molecule has 3 rings (SSSR count). The van der Waals surface area contributed by atoms with Gasteiger partial charge in [-0.3, -0.25) is 20.5 Å². The zero-order valence-corrected chi connectivity index (χ0v) is 11.2. The van der Waals surface area contributed by atoms with E-state index in [4.69, 9.17) is 5.84 Å². The summed E-state index contributed by atoms with van der Waals surface area (Å²) < 4.78 is 1.87. The Morgan fingerprint density at radius 3 is 2.90 bits per heavy atom. The van der Waals surface area contributed by atoms with Crippen LogP contribution < -0.4 is 11.3 Å². The Hall–Kier alpha value is -2.31. The molecule has 3 N–H and O–H groups in total.